The third-order valence-corrected chi connectivity index (χ3v) is 2.11. The van der Waals surface area contributed by atoms with Gasteiger partial charge in [0.1, 0.15) is 6.61 Å². The second kappa shape index (κ2) is 2.10. The van der Waals surface area contributed by atoms with Gasteiger partial charge in [0.15, 0.2) is 5.78 Å². The molecule has 1 saturated heterocycles. The Morgan fingerprint density at radius 3 is 2.67 bits per heavy atom. The van der Waals surface area contributed by atoms with Crippen LogP contribution in [0.1, 0.15) is 20.3 Å². The van der Waals surface area contributed by atoms with Gasteiger partial charge in [-0.2, -0.15) is 0 Å². The molecule has 0 aliphatic carbocycles. The Morgan fingerprint density at radius 2 is 2.44 bits per heavy atom. The summed E-state index contributed by atoms with van der Waals surface area (Å²) in [5.41, 5.74) is -0.167. The summed E-state index contributed by atoms with van der Waals surface area (Å²) in [6.45, 7) is 4.92. The van der Waals surface area contributed by atoms with E-state index in [1.54, 1.807) is 0 Å². The Labute approximate surface area is 55.2 Å². The molecule has 0 amide bonds. The maximum atomic E-state index is 11.0. The number of hydrogen-bond donors (Lipinski definition) is 0. The lowest BCUT2D eigenvalue weighted by Crippen LogP contribution is -2.24. The fourth-order valence-corrected chi connectivity index (χ4v) is 0.923. The monoisotopic (exact) mass is 128 g/mol. The Hall–Kier alpha value is -0.370. The van der Waals surface area contributed by atoms with Crippen LogP contribution >= 0.6 is 0 Å². The summed E-state index contributed by atoms with van der Waals surface area (Å²) in [7, 11) is 0. The van der Waals surface area contributed by atoms with Gasteiger partial charge in [-0.05, 0) is 6.42 Å². The maximum Gasteiger partial charge on any atom is 0.166 e. The number of ether oxygens (including phenoxy) is 1. The van der Waals surface area contributed by atoms with Crippen LogP contribution in [0, 0.1) is 5.41 Å². The van der Waals surface area contributed by atoms with Crippen LogP contribution in [0.5, 0.6) is 0 Å². The summed E-state index contributed by atoms with van der Waals surface area (Å²) in [4.78, 5) is 11.0. The predicted molar refractivity (Wildman–Crippen MR) is 34.2 cm³/mol. The van der Waals surface area contributed by atoms with E-state index in [1.807, 2.05) is 13.8 Å². The van der Waals surface area contributed by atoms with Crippen molar-refractivity contribution < 1.29 is 9.53 Å². The van der Waals surface area contributed by atoms with Crippen molar-refractivity contribution in [1.29, 1.82) is 0 Å². The molecular weight excluding hydrogens is 116 g/mol. The van der Waals surface area contributed by atoms with Crippen molar-refractivity contribution in [3.05, 3.63) is 0 Å². The SMILES string of the molecule is CCC1(C)COCC1=O. The van der Waals surface area contributed by atoms with Crippen LogP contribution in [0.25, 0.3) is 0 Å². The standard InChI is InChI=1S/C7H12O2/c1-3-7(2)5-9-4-6(7)8/h3-5H2,1-2H3. The molecule has 1 aliphatic rings. The average Bonchev–Trinajstić information content (AvgIpc) is 2.15. The third-order valence-electron chi connectivity index (χ3n) is 2.11. The van der Waals surface area contributed by atoms with E-state index < -0.39 is 0 Å². The van der Waals surface area contributed by atoms with Gasteiger partial charge >= 0.3 is 0 Å². The van der Waals surface area contributed by atoms with Crippen molar-refractivity contribution in [1.82, 2.24) is 0 Å². The lowest BCUT2D eigenvalue weighted by atomic mass is 9.86. The maximum absolute atomic E-state index is 11.0. The lowest BCUT2D eigenvalue weighted by Gasteiger charge is -2.15. The minimum atomic E-state index is -0.167. The first kappa shape index (κ1) is 6.75. The Bertz CT molecular complexity index is 131. The van der Waals surface area contributed by atoms with Crippen molar-refractivity contribution in [2.45, 2.75) is 20.3 Å². The third kappa shape index (κ3) is 0.990. The Balaban J connectivity index is 2.67. The molecule has 1 rings (SSSR count). The highest BCUT2D eigenvalue weighted by Gasteiger charge is 2.36. The van der Waals surface area contributed by atoms with Gasteiger partial charge in [0, 0.05) is 0 Å². The highest BCUT2D eigenvalue weighted by atomic mass is 16.5. The van der Waals surface area contributed by atoms with Gasteiger partial charge in [-0.1, -0.05) is 13.8 Å². The van der Waals surface area contributed by atoms with E-state index in [0.717, 1.165) is 6.42 Å². The Kier molecular flexibility index (Phi) is 1.58. The van der Waals surface area contributed by atoms with E-state index in [2.05, 4.69) is 0 Å². The zero-order valence-electron chi connectivity index (χ0n) is 5.94. The van der Waals surface area contributed by atoms with Crippen molar-refractivity contribution in [2.75, 3.05) is 13.2 Å². The second-order valence-corrected chi connectivity index (χ2v) is 2.83. The molecular formula is C7H12O2. The van der Waals surface area contributed by atoms with Gasteiger partial charge in [-0.3, -0.25) is 4.79 Å². The fourth-order valence-electron chi connectivity index (χ4n) is 0.923. The lowest BCUT2D eigenvalue weighted by molar-refractivity contribution is -0.124. The number of hydrogen-bond acceptors (Lipinski definition) is 2. The molecule has 52 valence electrons. The van der Waals surface area contributed by atoms with Gasteiger partial charge in [0.05, 0.1) is 12.0 Å². The molecule has 1 unspecified atom stereocenters. The summed E-state index contributed by atoms with van der Waals surface area (Å²) in [6, 6.07) is 0. The smallest absolute Gasteiger partial charge is 0.166 e. The largest absolute Gasteiger partial charge is 0.373 e. The van der Waals surface area contributed by atoms with Crippen LogP contribution in [0.2, 0.25) is 0 Å². The van der Waals surface area contributed by atoms with E-state index in [0.29, 0.717) is 13.2 Å². The molecule has 0 aromatic carbocycles. The van der Waals surface area contributed by atoms with Gasteiger partial charge in [0.2, 0.25) is 0 Å². The van der Waals surface area contributed by atoms with Crippen molar-refractivity contribution in [3.8, 4) is 0 Å². The molecule has 2 heteroatoms. The summed E-state index contributed by atoms with van der Waals surface area (Å²) >= 11 is 0. The molecule has 1 atom stereocenters. The predicted octanol–water partition coefficient (Wildman–Crippen LogP) is 1.00. The summed E-state index contributed by atoms with van der Waals surface area (Å²) in [5, 5.41) is 0. The minimum Gasteiger partial charge on any atom is -0.373 e. The van der Waals surface area contributed by atoms with Crippen LogP contribution in [-0.4, -0.2) is 19.0 Å². The van der Waals surface area contributed by atoms with Gasteiger partial charge < -0.3 is 4.74 Å². The van der Waals surface area contributed by atoms with Gasteiger partial charge in [0.25, 0.3) is 0 Å². The normalized spacial score (nSPS) is 35.6. The molecule has 0 radical (unpaired) electrons. The van der Waals surface area contributed by atoms with E-state index >= 15 is 0 Å². The quantitative estimate of drug-likeness (QED) is 0.526. The highest BCUT2D eigenvalue weighted by molar-refractivity contribution is 5.87. The molecule has 9 heavy (non-hydrogen) atoms. The molecule has 1 heterocycles. The molecule has 0 bridgehead atoms. The van der Waals surface area contributed by atoms with Crippen molar-refractivity contribution >= 4 is 5.78 Å². The molecule has 0 saturated carbocycles. The highest BCUT2D eigenvalue weighted by Crippen LogP contribution is 2.27. The van der Waals surface area contributed by atoms with E-state index in [9.17, 15) is 4.79 Å². The van der Waals surface area contributed by atoms with Crippen molar-refractivity contribution in [2.24, 2.45) is 5.41 Å². The van der Waals surface area contributed by atoms with E-state index in [4.69, 9.17) is 4.74 Å². The van der Waals surface area contributed by atoms with Crippen LogP contribution in [-0.2, 0) is 9.53 Å². The molecule has 0 N–H and O–H groups in total. The zero-order chi connectivity index (χ0) is 6.91. The molecule has 0 spiro atoms. The molecule has 0 aromatic rings. The summed E-state index contributed by atoms with van der Waals surface area (Å²) in [5.74, 6) is 0.255. The van der Waals surface area contributed by atoms with Gasteiger partial charge in [-0.15, -0.1) is 0 Å². The molecule has 1 aliphatic heterocycles. The number of carbonyl (C=O) groups is 1. The summed E-state index contributed by atoms with van der Waals surface area (Å²) in [6.07, 6.45) is 0.895. The first-order valence-corrected chi connectivity index (χ1v) is 3.30. The van der Waals surface area contributed by atoms with E-state index in [1.165, 1.54) is 0 Å². The Morgan fingerprint density at radius 1 is 1.78 bits per heavy atom. The minimum absolute atomic E-state index is 0.167. The topological polar surface area (TPSA) is 26.3 Å². The number of ketones is 1. The first-order valence-electron chi connectivity index (χ1n) is 3.30. The van der Waals surface area contributed by atoms with Crippen LogP contribution in [0.4, 0.5) is 0 Å². The zero-order valence-corrected chi connectivity index (χ0v) is 5.94. The number of rotatable bonds is 1. The van der Waals surface area contributed by atoms with E-state index in [-0.39, 0.29) is 11.2 Å². The average molecular weight is 128 g/mol. The van der Waals surface area contributed by atoms with Crippen LogP contribution in [0.3, 0.4) is 0 Å². The fraction of sp³-hybridized carbons (Fsp3) is 0.857. The molecule has 0 aromatic heterocycles. The number of carbonyl (C=O) groups excluding carboxylic acids is 1. The summed E-state index contributed by atoms with van der Waals surface area (Å²) < 4.78 is 5.01. The first-order chi connectivity index (χ1) is 4.19. The molecule has 1 fully saturated rings. The number of Topliss-reactive ketones (excluding diaryl/α,β-unsaturated/α-hetero) is 1. The van der Waals surface area contributed by atoms with Gasteiger partial charge in [-0.25, -0.2) is 0 Å². The second-order valence-electron chi connectivity index (χ2n) is 2.83. The van der Waals surface area contributed by atoms with Crippen molar-refractivity contribution in [3.63, 3.8) is 0 Å². The molecule has 2 nitrogen and oxygen atoms in total. The van der Waals surface area contributed by atoms with Crippen LogP contribution < -0.4 is 0 Å². The van der Waals surface area contributed by atoms with Crippen LogP contribution in [0.15, 0.2) is 0 Å².